The zero-order chi connectivity index (χ0) is 20.6. The highest BCUT2D eigenvalue weighted by Crippen LogP contribution is 2.27. The second kappa shape index (κ2) is 11.0. The molecular formula is C24H32ClN3O2. The first-order valence-corrected chi connectivity index (χ1v) is 11.5. The Bertz CT molecular complexity index is 790. The summed E-state index contributed by atoms with van der Waals surface area (Å²) >= 11 is 6.03. The monoisotopic (exact) mass is 429 g/mol. The fraction of sp³-hybridized carbons (Fsp3) is 0.542. The number of hydrogen-bond acceptors (Lipinski definition) is 5. The van der Waals surface area contributed by atoms with E-state index in [4.69, 9.17) is 21.1 Å². The predicted molar refractivity (Wildman–Crippen MR) is 121 cm³/mol. The van der Waals surface area contributed by atoms with Gasteiger partial charge in [-0.05, 0) is 62.3 Å². The molecule has 4 rings (SSSR count). The van der Waals surface area contributed by atoms with Crippen LogP contribution in [0.25, 0.3) is 0 Å². The molecule has 2 aliphatic rings. The standard InChI is InChI=1S/C24H32ClN3O2/c25-21-4-1-3-20(13-21)17-29-12-8-19-6-10-28(11-7-19)23-14-24(16-26-15-23)30-18-22-5-2-9-27-22/h1,3-4,13-16,19,22,27H,2,5-12,17-18H2. The molecule has 0 bridgehead atoms. The van der Waals surface area contributed by atoms with Gasteiger partial charge in [0, 0.05) is 36.8 Å². The topological polar surface area (TPSA) is 46.6 Å². The van der Waals surface area contributed by atoms with Gasteiger partial charge in [-0.15, -0.1) is 0 Å². The van der Waals surface area contributed by atoms with Crippen molar-refractivity contribution in [1.29, 1.82) is 0 Å². The zero-order valence-electron chi connectivity index (χ0n) is 17.6. The summed E-state index contributed by atoms with van der Waals surface area (Å²) in [6.45, 7) is 5.39. The average Bonchev–Trinajstić information content (AvgIpc) is 3.30. The first kappa shape index (κ1) is 21.4. The molecule has 0 saturated carbocycles. The van der Waals surface area contributed by atoms with Gasteiger partial charge < -0.3 is 19.7 Å². The number of pyridine rings is 1. The van der Waals surface area contributed by atoms with Crippen LogP contribution >= 0.6 is 11.6 Å². The lowest BCUT2D eigenvalue weighted by Crippen LogP contribution is -2.34. The number of aromatic nitrogens is 1. The maximum Gasteiger partial charge on any atom is 0.139 e. The summed E-state index contributed by atoms with van der Waals surface area (Å²) in [5, 5.41) is 4.24. The van der Waals surface area contributed by atoms with Gasteiger partial charge in [-0.3, -0.25) is 4.98 Å². The molecule has 6 heteroatoms. The number of piperidine rings is 1. The van der Waals surface area contributed by atoms with Crippen molar-refractivity contribution in [3.63, 3.8) is 0 Å². The first-order valence-electron chi connectivity index (χ1n) is 11.1. The summed E-state index contributed by atoms with van der Waals surface area (Å²) < 4.78 is 11.8. The molecule has 1 aromatic carbocycles. The molecule has 2 aromatic rings. The van der Waals surface area contributed by atoms with E-state index in [-0.39, 0.29) is 0 Å². The minimum absolute atomic E-state index is 0.477. The van der Waals surface area contributed by atoms with Crippen LogP contribution in [0.3, 0.4) is 0 Å². The second-order valence-electron chi connectivity index (χ2n) is 8.38. The highest BCUT2D eigenvalue weighted by atomic mass is 35.5. The number of benzene rings is 1. The Kier molecular flexibility index (Phi) is 7.84. The third-order valence-corrected chi connectivity index (χ3v) is 6.36. The quantitative estimate of drug-likeness (QED) is 0.586. The second-order valence-corrected chi connectivity index (χ2v) is 8.82. The lowest BCUT2D eigenvalue weighted by atomic mass is 9.94. The average molecular weight is 430 g/mol. The highest BCUT2D eigenvalue weighted by molar-refractivity contribution is 6.30. The molecule has 162 valence electrons. The lowest BCUT2D eigenvalue weighted by Gasteiger charge is -2.33. The number of rotatable bonds is 9. The van der Waals surface area contributed by atoms with Crippen LogP contribution in [-0.2, 0) is 11.3 Å². The molecule has 0 spiro atoms. The lowest BCUT2D eigenvalue weighted by molar-refractivity contribution is 0.104. The maximum absolute atomic E-state index is 6.03. The Labute approximate surface area is 184 Å². The summed E-state index contributed by atoms with van der Waals surface area (Å²) in [7, 11) is 0. The van der Waals surface area contributed by atoms with Crippen molar-refractivity contribution < 1.29 is 9.47 Å². The van der Waals surface area contributed by atoms with Crippen LogP contribution in [0.5, 0.6) is 5.75 Å². The van der Waals surface area contributed by atoms with Crippen molar-refractivity contribution >= 4 is 17.3 Å². The largest absolute Gasteiger partial charge is 0.490 e. The normalized spacial score (nSPS) is 19.9. The minimum atomic E-state index is 0.477. The van der Waals surface area contributed by atoms with Gasteiger partial charge in [0.05, 0.1) is 24.7 Å². The van der Waals surface area contributed by atoms with Gasteiger partial charge in [0.1, 0.15) is 12.4 Å². The number of hydrogen-bond donors (Lipinski definition) is 1. The Morgan fingerprint density at radius 1 is 1.13 bits per heavy atom. The fourth-order valence-corrected chi connectivity index (χ4v) is 4.51. The van der Waals surface area contributed by atoms with E-state index in [1.54, 1.807) is 0 Å². The van der Waals surface area contributed by atoms with Crippen molar-refractivity contribution in [3.05, 3.63) is 53.3 Å². The third-order valence-electron chi connectivity index (χ3n) is 6.12. The van der Waals surface area contributed by atoms with Gasteiger partial charge in [-0.25, -0.2) is 0 Å². The van der Waals surface area contributed by atoms with Crippen molar-refractivity contribution in [2.75, 3.05) is 37.7 Å². The molecular weight excluding hydrogens is 398 g/mol. The van der Waals surface area contributed by atoms with Crippen LogP contribution in [0.15, 0.2) is 42.7 Å². The highest BCUT2D eigenvalue weighted by Gasteiger charge is 2.20. The van der Waals surface area contributed by atoms with E-state index in [0.29, 0.717) is 12.6 Å². The van der Waals surface area contributed by atoms with Gasteiger partial charge in [0.15, 0.2) is 0 Å². The molecule has 5 nitrogen and oxygen atoms in total. The number of nitrogens with one attached hydrogen (secondary N) is 1. The molecule has 1 atom stereocenters. The molecule has 0 radical (unpaired) electrons. The van der Waals surface area contributed by atoms with Crippen LogP contribution in [0.1, 0.15) is 37.7 Å². The molecule has 1 unspecified atom stereocenters. The maximum atomic E-state index is 6.03. The minimum Gasteiger partial charge on any atom is -0.490 e. The summed E-state index contributed by atoms with van der Waals surface area (Å²) in [5.74, 6) is 1.60. The Balaban J connectivity index is 1.16. The Hall–Kier alpha value is -1.82. The first-order chi connectivity index (χ1) is 14.8. The number of nitrogens with zero attached hydrogens (tertiary/aromatic N) is 2. The van der Waals surface area contributed by atoms with Gasteiger partial charge in [0.2, 0.25) is 0 Å². The van der Waals surface area contributed by atoms with E-state index in [2.05, 4.69) is 27.3 Å². The molecule has 2 aliphatic heterocycles. The zero-order valence-corrected chi connectivity index (χ0v) is 18.3. The fourth-order valence-electron chi connectivity index (χ4n) is 4.30. The van der Waals surface area contributed by atoms with Gasteiger partial charge >= 0.3 is 0 Å². The summed E-state index contributed by atoms with van der Waals surface area (Å²) in [6, 6.07) is 10.5. The van der Waals surface area contributed by atoms with Crippen LogP contribution in [0, 0.1) is 5.92 Å². The van der Waals surface area contributed by atoms with E-state index < -0.39 is 0 Å². The predicted octanol–water partition coefficient (Wildman–Crippen LogP) is 4.69. The Morgan fingerprint density at radius 3 is 2.83 bits per heavy atom. The molecule has 30 heavy (non-hydrogen) atoms. The number of halogens is 1. The smallest absolute Gasteiger partial charge is 0.139 e. The van der Waals surface area contributed by atoms with Crippen molar-refractivity contribution in [2.24, 2.45) is 5.92 Å². The van der Waals surface area contributed by atoms with Crippen molar-refractivity contribution in [1.82, 2.24) is 10.3 Å². The molecule has 3 heterocycles. The molecule has 2 saturated heterocycles. The molecule has 0 amide bonds. The Morgan fingerprint density at radius 2 is 2.03 bits per heavy atom. The van der Waals surface area contributed by atoms with E-state index in [0.717, 1.165) is 61.5 Å². The summed E-state index contributed by atoms with van der Waals surface area (Å²) in [5.41, 5.74) is 2.30. The number of ether oxygens (including phenoxy) is 2. The van der Waals surface area contributed by atoms with Crippen molar-refractivity contribution in [3.8, 4) is 5.75 Å². The summed E-state index contributed by atoms with van der Waals surface area (Å²) in [4.78, 5) is 6.83. The van der Waals surface area contributed by atoms with E-state index in [9.17, 15) is 0 Å². The van der Waals surface area contributed by atoms with Crippen LogP contribution in [0.4, 0.5) is 5.69 Å². The van der Waals surface area contributed by atoms with Crippen LogP contribution in [-0.4, -0.2) is 43.9 Å². The van der Waals surface area contributed by atoms with E-state index in [1.807, 2.05) is 30.6 Å². The van der Waals surface area contributed by atoms with Gasteiger partial charge in [-0.2, -0.15) is 0 Å². The van der Waals surface area contributed by atoms with Gasteiger partial charge in [-0.1, -0.05) is 23.7 Å². The molecule has 2 fully saturated rings. The molecule has 1 aromatic heterocycles. The van der Waals surface area contributed by atoms with E-state index in [1.165, 1.54) is 31.4 Å². The molecule has 0 aliphatic carbocycles. The SMILES string of the molecule is Clc1cccc(COCCC2CCN(c3cncc(OCC4CCCN4)c3)CC2)c1. The third kappa shape index (κ3) is 6.34. The number of anilines is 1. The van der Waals surface area contributed by atoms with Crippen LogP contribution in [0.2, 0.25) is 5.02 Å². The van der Waals surface area contributed by atoms with Gasteiger partial charge in [0.25, 0.3) is 0 Å². The van der Waals surface area contributed by atoms with Crippen LogP contribution < -0.4 is 15.0 Å². The van der Waals surface area contributed by atoms with Crippen molar-refractivity contribution in [2.45, 2.75) is 44.8 Å². The molecule has 1 N–H and O–H groups in total. The summed E-state index contributed by atoms with van der Waals surface area (Å²) in [6.07, 6.45) is 9.72. The van der Waals surface area contributed by atoms with E-state index >= 15 is 0 Å².